The molecule has 110 valence electrons. The van der Waals surface area contributed by atoms with Crippen LogP contribution in [0.4, 0.5) is 5.69 Å². The summed E-state index contributed by atoms with van der Waals surface area (Å²) in [6.07, 6.45) is 0.732. The van der Waals surface area contributed by atoms with E-state index in [2.05, 4.69) is 10.3 Å². The predicted molar refractivity (Wildman–Crippen MR) is 82.0 cm³/mol. The Balaban J connectivity index is 2.15. The molecule has 0 fully saturated rings. The molecule has 0 aliphatic carbocycles. The van der Waals surface area contributed by atoms with Gasteiger partial charge in [0.2, 0.25) is 0 Å². The Morgan fingerprint density at radius 3 is 2.76 bits per heavy atom. The van der Waals surface area contributed by atoms with Gasteiger partial charge in [0.1, 0.15) is 4.88 Å². The van der Waals surface area contributed by atoms with Crippen LogP contribution in [0.25, 0.3) is 0 Å². The predicted octanol–water partition coefficient (Wildman–Crippen LogP) is 2.89. The molecule has 5 nitrogen and oxygen atoms in total. The fraction of sp³-hybridized carbons (Fsp3) is 0.267. The molecule has 1 aromatic carbocycles. The average molecular weight is 304 g/mol. The molecule has 1 heterocycles. The van der Waals surface area contributed by atoms with Gasteiger partial charge in [-0.05, 0) is 31.0 Å². The second kappa shape index (κ2) is 6.49. The highest BCUT2D eigenvalue weighted by Gasteiger charge is 2.15. The van der Waals surface area contributed by atoms with Gasteiger partial charge in [-0.3, -0.25) is 9.59 Å². The first kappa shape index (κ1) is 15.2. The Bertz CT molecular complexity index is 679. The molecule has 0 saturated heterocycles. The third-order valence-electron chi connectivity index (χ3n) is 2.89. The van der Waals surface area contributed by atoms with E-state index < -0.39 is 5.97 Å². The van der Waals surface area contributed by atoms with E-state index in [0.29, 0.717) is 16.1 Å². The Morgan fingerprint density at radius 1 is 1.38 bits per heavy atom. The van der Waals surface area contributed by atoms with Crippen molar-refractivity contribution in [2.24, 2.45) is 0 Å². The van der Waals surface area contributed by atoms with Crippen molar-refractivity contribution in [3.8, 4) is 0 Å². The molecule has 0 bridgehead atoms. The Morgan fingerprint density at radius 2 is 2.14 bits per heavy atom. The highest BCUT2D eigenvalue weighted by Crippen LogP contribution is 2.20. The number of nitrogens with one attached hydrogen (secondary N) is 1. The van der Waals surface area contributed by atoms with Crippen LogP contribution in [-0.2, 0) is 17.6 Å². The number of carbonyl (C=O) groups is 2. The smallest absolute Gasteiger partial charge is 0.307 e. The third kappa shape index (κ3) is 3.88. The molecule has 0 spiro atoms. The van der Waals surface area contributed by atoms with Crippen molar-refractivity contribution in [1.29, 1.82) is 0 Å². The number of hydrogen-bond donors (Lipinski definition) is 2. The maximum Gasteiger partial charge on any atom is 0.307 e. The van der Waals surface area contributed by atoms with Gasteiger partial charge in [0.05, 0.1) is 17.1 Å². The van der Waals surface area contributed by atoms with Crippen LogP contribution in [0, 0.1) is 6.92 Å². The van der Waals surface area contributed by atoms with Crippen molar-refractivity contribution < 1.29 is 14.7 Å². The van der Waals surface area contributed by atoms with E-state index in [1.54, 1.807) is 24.3 Å². The van der Waals surface area contributed by atoms with Crippen molar-refractivity contribution in [3.63, 3.8) is 0 Å². The van der Waals surface area contributed by atoms with Crippen molar-refractivity contribution >= 4 is 28.9 Å². The molecule has 6 heteroatoms. The van der Waals surface area contributed by atoms with Gasteiger partial charge < -0.3 is 10.4 Å². The molecule has 0 unspecified atom stereocenters. The minimum Gasteiger partial charge on any atom is -0.481 e. The molecule has 2 aromatic rings. The molecule has 0 saturated carbocycles. The summed E-state index contributed by atoms with van der Waals surface area (Å²) in [6, 6.07) is 6.85. The number of amides is 1. The quantitative estimate of drug-likeness (QED) is 0.890. The van der Waals surface area contributed by atoms with E-state index in [-0.39, 0.29) is 12.3 Å². The van der Waals surface area contributed by atoms with Crippen LogP contribution in [-0.4, -0.2) is 22.0 Å². The number of carbonyl (C=O) groups excluding carboxylic acids is 1. The van der Waals surface area contributed by atoms with Crippen LogP contribution >= 0.6 is 11.3 Å². The lowest BCUT2D eigenvalue weighted by Gasteiger charge is -2.05. The van der Waals surface area contributed by atoms with Gasteiger partial charge >= 0.3 is 5.97 Å². The fourth-order valence-electron chi connectivity index (χ4n) is 1.94. The number of rotatable bonds is 5. The van der Waals surface area contributed by atoms with E-state index >= 15 is 0 Å². The van der Waals surface area contributed by atoms with E-state index in [1.165, 1.54) is 11.3 Å². The van der Waals surface area contributed by atoms with Gasteiger partial charge in [-0.25, -0.2) is 4.98 Å². The first-order valence-corrected chi connectivity index (χ1v) is 7.39. The van der Waals surface area contributed by atoms with Gasteiger partial charge in [-0.2, -0.15) is 0 Å². The minimum atomic E-state index is -0.899. The summed E-state index contributed by atoms with van der Waals surface area (Å²) in [4.78, 5) is 27.9. The summed E-state index contributed by atoms with van der Waals surface area (Å²) in [5.41, 5.74) is 1.95. The van der Waals surface area contributed by atoms with Crippen LogP contribution in [0.3, 0.4) is 0 Å². The number of aryl methyl sites for hydroxylation is 2. The monoisotopic (exact) mass is 304 g/mol. The highest BCUT2D eigenvalue weighted by molar-refractivity contribution is 7.13. The minimum absolute atomic E-state index is 0.0662. The second-order valence-corrected chi connectivity index (χ2v) is 5.68. The number of carboxylic acid groups (broad SMARTS) is 1. The molecule has 0 atom stereocenters. The van der Waals surface area contributed by atoms with Crippen molar-refractivity contribution in [3.05, 3.63) is 45.4 Å². The molecule has 0 aliphatic heterocycles. The zero-order valence-electron chi connectivity index (χ0n) is 11.8. The molecule has 2 N–H and O–H groups in total. The van der Waals surface area contributed by atoms with Crippen molar-refractivity contribution in [1.82, 2.24) is 4.98 Å². The highest BCUT2D eigenvalue weighted by atomic mass is 32.1. The summed E-state index contributed by atoms with van der Waals surface area (Å²) in [5.74, 6) is -1.11. The normalized spacial score (nSPS) is 10.4. The van der Waals surface area contributed by atoms with Crippen molar-refractivity contribution in [2.75, 3.05) is 5.32 Å². The van der Waals surface area contributed by atoms with Gasteiger partial charge in [0.15, 0.2) is 0 Å². The standard InChI is InChI=1S/C15H16N2O3S/c1-3-12-16-9(2)14(21-12)15(20)17-11-6-4-5-10(7-11)8-13(18)19/h4-7H,3,8H2,1-2H3,(H,17,20)(H,18,19). The number of nitrogens with zero attached hydrogens (tertiary/aromatic N) is 1. The summed E-state index contributed by atoms with van der Waals surface area (Å²) in [5, 5.41) is 12.5. The number of aromatic nitrogens is 1. The molecular formula is C15H16N2O3S. The Hall–Kier alpha value is -2.21. The summed E-state index contributed by atoms with van der Waals surface area (Å²) in [7, 11) is 0. The second-order valence-electron chi connectivity index (χ2n) is 4.60. The van der Waals surface area contributed by atoms with Crippen molar-refractivity contribution in [2.45, 2.75) is 26.7 Å². The SMILES string of the molecule is CCc1nc(C)c(C(=O)Nc2cccc(CC(=O)O)c2)s1. The molecule has 0 aliphatic rings. The van der Waals surface area contributed by atoms with Gasteiger partial charge in [0.25, 0.3) is 5.91 Å². The number of carboxylic acids is 1. The van der Waals surface area contributed by atoms with Crippen LogP contribution in [0.5, 0.6) is 0 Å². The molecule has 21 heavy (non-hydrogen) atoms. The lowest BCUT2D eigenvalue weighted by molar-refractivity contribution is -0.136. The molecule has 2 rings (SSSR count). The largest absolute Gasteiger partial charge is 0.481 e. The number of hydrogen-bond acceptors (Lipinski definition) is 4. The van der Waals surface area contributed by atoms with Gasteiger partial charge in [-0.15, -0.1) is 11.3 Å². The topological polar surface area (TPSA) is 79.3 Å². The molecule has 0 radical (unpaired) electrons. The summed E-state index contributed by atoms with van der Waals surface area (Å²) < 4.78 is 0. The van der Waals surface area contributed by atoms with Crippen LogP contribution in [0.1, 0.15) is 32.9 Å². The number of benzene rings is 1. The van der Waals surface area contributed by atoms with E-state index in [4.69, 9.17) is 5.11 Å². The zero-order valence-corrected chi connectivity index (χ0v) is 12.7. The maximum atomic E-state index is 12.2. The van der Waals surface area contributed by atoms with Crippen LogP contribution in [0.2, 0.25) is 0 Å². The maximum absolute atomic E-state index is 12.2. The zero-order chi connectivity index (χ0) is 15.4. The lowest BCUT2D eigenvalue weighted by Crippen LogP contribution is -2.12. The summed E-state index contributed by atoms with van der Waals surface area (Å²) >= 11 is 1.38. The van der Waals surface area contributed by atoms with Crippen LogP contribution < -0.4 is 5.32 Å². The lowest BCUT2D eigenvalue weighted by atomic mass is 10.1. The molecular weight excluding hydrogens is 288 g/mol. The summed E-state index contributed by atoms with van der Waals surface area (Å²) in [6.45, 7) is 3.81. The number of anilines is 1. The Labute approximate surface area is 126 Å². The number of thiazole rings is 1. The van der Waals surface area contributed by atoms with E-state index in [9.17, 15) is 9.59 Å². The van der Waals surface area contributed by atoms with Gasteiger partial charge in [-0.1, -0.05) is 19.1 Å². The van der Waals surface area contributed by atoms with Gasteiger partial charge in [0, 0.05) is 5.69 Å². The molecule has 1 aromatic heterocycles. The van der Waals surface area contributed by atoms with Crippen LogP contribution in [0.15, 0.2) is 24.3 Å². The first-order valence-electron chi connectivity index (χ1n) is 6.58. The first-order chi connectivity index (χ1) is 9.99. The number of aliphatic carboxylic acids is 1. The van der Waals surface area contributed by atoms with E-state index in [1.807, 2.05) is 13.8 Å². The fourth-order valence-corrected chi connectivity index (χ4v) is 2.84. The van der Waals surface area contributed by atoms with E-state index in [0.717, 1.165) is 17.1 Å². The third-order valence-corrected chi connectivity index (χ3v) is 4.19. The average Bonchev–Trinajstić information content (AvgIpc) is 2.80. The molecule has 1 amide bonds. The Kier molecular flexibility index (Phi) is 4.70.